The summed E-state index contributed by atoms with van der Waals surface area (Å²) in [4.78, 5) is 14.7. The van der Waals surface area contributed by atoms with Gasteiger partial charge in [-0.15, -0.1) is 24.0 Å². The third-order valence-electron chi connectivity index (χ3n) is 3.61. The Morgan fingerprint density at radius 2 is 1.75 bits per heavy atom. The van der Waals surface area contributed by atoms with E-state index in [-0.39, 0.29) is 29.7 Å². The van der Waals surface area contributed by atoms with Gasteiger partial charge in [-0.05, 0) is 12.5 Å². The van der Waals surface area contributed by atoms with Gasteiger partial charge in [-0.3, -0.25) is 15.1 Å². The Labute approximate surface area is 183 Å². The largest absolute Gasteiger partial charge is 0.379 e. The maximum absolute atomic E-state index is 11.0. The van der Waals surface area contributed by atoms with Crippen LogP contribution in [0.1, 0.15) is 19.8 Å². The molecule has 0 aliphatic carbocycles. The van der Waals surface area contributed by atoms with Crippen LogP contribution in [0.3, 0.4) is 0 Å². The second kappa shape index (κ2) is 17.4. The molecule has 0 saturated carbocycles. The fourth-order valence-electron chi connectivity index (χ4n) is 2.19. The molecule has 0 unspecified atom stereocenters. The van der Waals surface area contributed by atoms with Gasteiger partial charge in [0.15, 0.2) is 5.96 Å². The number of aliphatic imine (C=N–C) groups is 1. The number of nitrogens with zero attached hydrogens (tertiary/aromatic N) is 2. The van der Waals surface area contributed by atoms with E-state index in [0.29, 0.717) is 51.1 Å². The third-order valence-corrected chi connectivity index (χ3v) is 3.61. The van der Waals surface area contributed by atoms with E-state index in [1.165, 1.54) is 6.07 Å². The summed E-state index contributed by atoms with van der Waals surface area (Å²) in [5, 5.41) is 20.3. The fourth-order valence-corrected chi connectivity index (χ4v) is 2.19. The molecular weight excluding hydrogens is 477 g/mol. The number of unbranched alkanes of at least 4 members (excludes halogenated alkanes) is 1. The highest BCUT2D eigenvalue weighted by molar-refractivity contribution is 14.0. The van der Waals surface area contributed by atoms with Crippen LogP contribution in [-0.4, -0.2) is 64.0 Å². The number of hydrogen-bond acceptors (Lipinski definition) is 6. The second-order valence-electron chi connectivity index (χ2n) is 5.71. The lowest BCUT2D eigenvalue weighted by atomic mass is 10.2. The topological polar surface area (TPSA) is 110 Å². The Bertz CT molecular complexity index is 575. The summed E-state index contributed by atoms with van der Waals surface area (Å²) in [6.07, 6.45) is 2.21. The first-order chi connectivity index (χ1) is 13.2. The molecule has 28 heavy (non-hydrogen) atoms. The molecule has 0 atom stereocenters. The van der Waals surface area contributed by atoms with Crippen LogP contribution in [0, 0.1) is 10.1 Å². The highest BCUT2D eigenvalue weighted by atomic mass is 127. The van der Waals surface area contributed by atoms with Crippen molar-refractivity contribution in [2.24, 2.45) is 4.99 Å². The number of nitro benzene ring substituents is 1. The molecule has 160 valence electrons. The number of hydrogen-bond donors (Lipinski definition) is 3. The molecule has 1 aromatic carbocycles. The summed E-state index contributed by atoms with van der Waals surface area (Å²) in [6, 6.07) is 6.57. The molecule has 0 saturated heterocycles. The number of nitrogens with one attached hydrogen (secondary N) is 3. The van der Waals surface area contributed by atoms with Crippen LogP contribution in [0.15, 0.2) is 29.3 Å². The summed E-state index contributed by atoms with van der Waals surface area (Å²) in [6.45, 7) is 6.40. The summed E-state index contributed by atoms with van der Waals surface area (Å²) in [5.41, 5.74) is 0.567. The van der Waals surface area contributed by atoms with Gasteiger partial charge in [0.2, 0.25) is 0 Å². The van der Waals surface area contributed by atoms with E-state index >= 15 is 0 Å². The van der Waals surface area contributed by atoms with Crippen molar-refractivity contribution in [1.29, 1.82) is 0 Å². The van der Waals surface area contributed by atoms with E-state index in [0.717, 1.165) is 19.4 Å². The molecule has 0 radical (unpaired) electrons. The summed E-state index contributed by atoms with van der Waals surface area (Å²) in [5.74, 6) is 0.655. The van der Waals surface area contributed by atoms with Crippen LogP contribution < -0.4 is 16.0 Å². The van der Waals surface area contributed by atoms with Crippen LogP contribution in [0.2, 0.25) is 0 Å². The molecular formula is C18H32IN5O4. The predicted molar refractivity (Wildman–Crippen MR) is 123 cm³/mol. The number of benzene rings is 1. The number of para-hydroxylation sites is 2. The van der Waals surface area contributed by atoms with Gasteiger partial charge in [-0.2, -0.15) is 0 Å². The van der Waals surface area contributed by atoms with Crippen LogP contribution >= 0.6 is 24.0 Å². The van der Waals surface area contributed by atoms with Gasteiger partial charge in [-0.1, -0.05) is 25.5 Å². The molecule has 9 nitrogen and oxygen atoms in total. The fraction of sp³-hybridized carbons (Fsp3) is 0.611. The molecule has 3 N–H and O–H groups in total. The van der Waals surface area contributed by atoms with E-state index in [1.54, 1.807) is 25.2 Å². The van der Waals surface area contributed by atoms with Gasteiger partial charge in [-0.25, -0.2) is 0 Å². The lowest BCUT2D eigenvalue weighted by molar-refractivity contribution is -0.384. The quantitative estimate of drug-likeness (QED) is 0.0884. The van der Waals surface area contributed by atoms with Crippen LogP contribution in [0.5, 0.6) is 0 Å². The minimum absolute atomic E-state index is 0. The Kier molecular flexibility index (Phi) is 16.4. The Balaban J connectivity index is 0.00000729. The molecule has 0 aliphatic heterocycles. The number of nitro groups is 1. The normalized spacial score (nSPS) is 10.9. The van der Waals surface area contributed by atoms with Gasteiger partial charge in [0.05, 0.1) is 24.7 Å². The molecule has 0 spiro atoms. The SMILES string of the molecule is CCCCOCCOCCNC(=NC)NCCNc1ccccc1[N+](=O)[O-].I. The molecule has 1 aromatic rings. The number of halogens is 1. The molecule has 0 amide bonds. The van der Waals surface area contributed by atoms with E-state index < -0.39 is 4.92 Å². The monoisotopic (exact) mass is 509 g/mol. The van der Waals surface area contributed by atoms with Crippen LogP contribution in [-0.2, 0) is 9.47 Å². The summed E-state index contributed by atoms with van der Waals surface area (Å²) >= 11 is 0. The zero-order chi connectivity index (χ0) is 19.7. The molecule has 0 bridgehead atoms. The highest BCUT2D eigenvalue weighted by Gasteiger charge is 2.11. The minimum Gasteiger partial charge on any atom is -0.379 e. The maximum Gasteiger partial charge on any atom is 0.292 e. The van der Waals surface area contributed by atoms with E-state index in [4.69, 9.17) is 9.47 Å². The molecule has 0 heterocycles. The average molecular weight is 509 g/mol. The van der Waals surface area contributed by atoms with Crippen LogP contribution in [0.4, 0.5) is 11.4 Å². The van der Waals surface area contributed by atoms with Crippen molar-refractivity contribution in [3.05, 3.63) is 34.4 Å². The van der Waals surface area contributed by atoms with Crippen LogP contribution in [0.25, 0.3) is 0 Å². The molecule has 0 aromatic heterocycles. The van der Waals surface area contributed by atoms with Crippen molar-refractivity contribution < 1.29 is 14.4 Å². The van der Waals surface area contributed by atoms with Crippen molar-refractivity contribution >= 4 is 41.3 Å². The van der Waals surface area contributed by atoms with Gasteiger partial charge in [0.25, 0.3) is 5.69 Å². The number of ether oxygens (including phenoxy) is 2. The predicted octanol–water partition coefficient (Wildman–Crippen LogP) is 2.62. The first-order valence-electron chi connectivity index (χ1n) is 9.26. The molecule has 0 fully saturated rings. The van der Waals surface area contributed by atoms with Gasteiger partial charge in [0, 0.05) is 39.4 Å². The lowest BCUT2D eigenvalue weighted by Gasteiger charge is -2.13. The van der Waals surface area contributed by atoms with Gasteiger partial charge in [0.1, 0.15) is 5.69 Å². The standard InChI is InChI=1S/C18H31N5O4.HI/c1-3-4-12-26-14-15-27-13-11-22-18(19-2)21-10-9-20-16-7-5-6-8-17(16)23(24)25;/h5-8,20H,3-4,9-15H2,1-2H3,(H2,19,21,22);1H. The number of rotatable bonds is 14. The van der Waals surface area contributed by atoms with Gasteiger partial charge < -0.3 is 25.4 Å². The number of anilines is 1. The first kappa shape index (κ1) is 26.3. The van der Waals surface area contributed by atoms with E-state index in [2.05, 4.69) is 27.9 Å². The lowest BCUT2D eigenvalue weighted by Crippen LogP contribution is -2.41. The van der Waals surface area contributed by atoms with E-state index in [1.807, 2.05) is 0 Å². The summed E-state index contributed by atoms with van der Waals surface area (Å²) < 4.78 is 10.9. The van der Waals surface area contributed by atoms with Crippen molar-refractivity contribution in [1.82, 2.24) is 10.6 Å². The summed E-state index contributed by atoms with van der Waals surface area (Å²) in [7, 11) is 1.69. The van der Waals surface area contributed by atoms with Crippen molar-refractivity contribution in [3.63, 3.8) is 0 Å². The average Bonchev–Trinajstić information content (AvgIpc) is 2.68. The van der Waals surface area contributed by atoms with Crippen molar-refractivity contribution in [2.45, 2.75) is 19.8 Å². The number of guanidine groups is 1. The Morgan fingerprint density at radius 3 is 2.43 bits per heavy atom. The highest BCUT2D eigenvalue weighted by Crippen LogP contribution is 2.22. The molecule has 1 rings (SSSR count). The molecule has 0 aliphatic rings. The van der Waals surface area contributed by atoms with Gasteiger partial charge >= 0.3 is 0 Å². The zero-order valence-electron chi connectivity index (χ0n) is 16.6. The Morgan fingerprint density at radius 1 is 1.07 bits per heavy atom. The smallest absolute Gasteiger partial charge is 0.292 e. The molecule has 10 heteroatoms. The first-order valence-corrected chi connectivity index (χ1v) is 9.26. The zero-order valence-corrected chi connectivity index (χ0v) is 18.9. The Hall–Kier alpha value is -1.66. The maximum atomic E-state index is 11.0. The van der Waals surface area contributed by atoms with E-state index in [9.17, 15) is 10.1 Å². The third kappa shape index (κ3) is 11.9. The van der Waals surface area contributed by atoms with Crippen molar-refractivity contribution in [2.75, 3.05) is 58.4 Å². The van der Waals surface area contributed by atoms with Crippen molar-refractivity contribution in [3.8, 4) is 0 Å². The second-order valence-corrected chi connectivity index (χ2v) is 5.71. The minimum atomic E-state index is -0.398.